The number of nitrogens with zero attached hydrogens (tertiary/aromatic N) is 3. The number of methoxy groups -OCH3 is 1. The average Bonchev–Trinajstić information content (AvgIpc) is 2.98. The molecule has 1 aliphatic carbocycles. The van der Waals surface area contributed by atoms with Crippen molar-refractivity contribution in [3.8, 4) is 0 Å². The number of aromatic nitrogens is 3. The Bertz CT molecular complexity index is 726. The van der Waals surface area contributed by atoms with Gasteiger partial charge in [-0.2, -0.15) is 0 Å². The highest BCUT2D eigenvalue weighted by atomic mass is 79.9. The Labute approximate surface area is 163 Å². The maximum atomic E-state index is 10.3. The Morgan fingerprint density at radius 2 is 2.12 bits per heavy atom. The highest BCUT2D eigenvalue weighted by Gasteiger charge is 2.34. The SMILES string of the molecule is CCCCCCNc1ncc2c(Br)cc(C3CCC(O)(OC)CC3)n2n1. The monoisotopic (exact) mass is 424 g/mol. The molecule has 0 bridgehead atoms. The van der Waals surface area contributed by atoms with Crippen molar-refractivity contribution in [2.24, 2.45) is 0 Å². The van der Waals surface area contributed by atoms with Gasteiger partial charge in [0.25, 0.3) is 0 Å². The fraction of sp³-hybridized carbons (Fsp3) is 0.684. The molecule has 6 nitrogen and oxygen atoms in total. The molecule has 26 heavy (non-hydrogen) atoms. The Morgan fingerprint density at radius 3 is 2.81 bits per heavy atom. The molecule has 0 saturated heterocycles. The van der Waals surface area contributed by atoms with Gasteiger partial charge in [-0.05, 0) is 41.3 Å². The van der Waals surface area contributed by atoms with E-state index >= 15 is 0 Å². The van der Waals surface area contributed by atoms with Crippen molar-refractivity contribution < 1.29 is 9.84 Å². The predicted octanol–water partition coefficient (Wildman–Crippen LogP) is 4.48. The van der Waals surface area contributed by atoms with Crippen molar-refractivity contribution >= 4 is 27.4 Å². The average molecular weight is 425 g/mol. The van der Waals surface area contributed by atoms with E-state index in [-0.39, 0.29) is 0 Å². The van der Waals surface area contributed by atoms with Crippen LogP contribution in [-0.4, -0.2) is 39.1 Å². The molecule has 0 radical (unpaired) electrons. The van der Waals surface area contributed by atoms with Crippen LogP contribution >= 0.6 is 15.9 Å². The smallest absolute Gasteiger partial charge is 0.241 e. The van der Waals surface area contributed by atoms with E-state index < -0.39 is 5.79 Å². The minimum atomic E-state index is -0.971. The topological polar surface area (TPSA) is 71.7 Å². The summed E-state index contributed by atoms with van der Waals surface area (Å²) in [5, 5.41) is 18.3. The van der Waals surface area contributed by atoms with Gasteiger partial charge >= 0.3 is 0 Å². The summed E-state index contributed by atoms with van der Waals surface area (Å²) < 4.78 is 8.25. The van der Waals surface area contributed by atoms with E-state index in [0.717, 1.165) is 35.8 Å². The molecule has 1 saturated carbocycles. The third-order valence-corrected chi connectivity index (χ3v) is 6.01. The first-order chi connectivity index (χ1) is 12.6. The van der Waals surface area contributed by atoms with E-state index in [1.807, 2.05) is 10.7 Å². The molecule has 2 N–H and O–H groups in total. The van der Waals surface area contributed by atoms with Crippen LogP contribution in [0.5, 0.6) is 0 Å². The number of halogens is 1. The molecule has 2 aromatic rings. The van der Waals surface area contributed by atoms with Crippen LogP contribution in [0.3, 0.4) is 0 Å². The van der Waals surface area contributed by atoms with Crippen LogP contribution in [0.4, 0.5) is 5.95 Å². The summed E-state index contributed by atoms with van der Waals surface area (Å²) >= 11 is 3.63. The van der Waals surface area contributed by atoms with Gasteiger partial charge < -0.3 is 15.2 Å². The molecule has 0 aliphatic heterocycles. The summed E-state index contributed by atoms with van der Waals surface area (Å²) in [6, 6.07) is 2.14. The molecule has 0 amide bonds. The molecule has 2 aromatic heterocycles. The molecule has 1 aliphatic rings. The van der Waals surface area contributed by atoms with Gasteiger partial charge in [0.15, 0.2) is 5.79 Å². The van der Waals surface area contributed by atoms with E-state index in [9.17, 15) is 5.11 Å². The van der Waals surface area contributed by atoms with Gasteiger partial charge in [-0.3, -0.25) is 0 Å². The fourth-order valence-electron chi connectivity index (χ4n) is 3.67. The molecule has 0 aromatic carbocycles. The van der Waals surface area contributed by atoms with Crippen LogP contribution in [0.15, 0.2) is 16.7 Å². The summed E-state index contributed by atoms with van der Waals surface area (Å²) in [4.78, 5) is 4.45. The zero-order chi connectivity index (χ0) is 18.6. The Balaban J connectivity index is 1.73. The summed E-state index contributed by atoms with van der Waals surface area (Å²) in [7, 11) is 1.58. The number of ether oxygens (including phenoxy) is 1. The van der Waals surface area contributed by atoms with E-state index in [4.69, 9.17) is 9.84 Å². The van der Waals surface area contributed by atoms with Gasteiger partial charge in [-0.15, -0.1) is 5.10 Å². The van der Waals surface area contributed by atoms with Gasteiger partial charge in [0.05, 0.1) is 11.7 Å². The van der Waals surface area contributed by atoms with Crippen LogP contribution in [0, 0.1) is 0 Å². The minimum Gasteiger partial charge on any atom is -0.365 e. The number of unbranched alkanes of at least 4 members (excludes halogenated alkanes) is 3. The lowest BCUT2D eigenvalue weighted by Gasteiger charge is -2.34. The van der Waals surface area contributed by atoms with Crippen LogP contribution < -0.4 is 5.32 Å². The molecule has 1 fully saturated rings. The normalized spacial score (nSPS) is 23.5. The lowest BCUT2D eigenvalue weighted by atomic mass is 9.83. The fourth-order valence-corrected chi connectivity index (χ4v) is 4.17. The standard InChI is InChI=1S/C19H29BrN4O2/c1-3-4-5-6-11-21-18-22-13-17-15(20)12-16(24(17)23-18)14-7-9-19(25,26-2)10-8-14/h12-14,25H,3-11H2,1-2H3,(H,21,23). The van der Waals surface area contributed by atoms with Crippen molar-refractivity contribution in [1.29, 1.82) is 0 Å². The minimum absolute atomic E-state index is 0.358. The predicted molar refractivity (Wildman–Crippen MR) is 106 cm³/mol. The van der Waals surface area contributed by atoms with Gasteiger partial charge in [0.1, 0.15) is 0 Å². The summed E-state index contributed by atoms with van der Waals surface area (Å²) in [6.07, 6.45) is 9.79. The molecule has 0 unspecified atom stereocenters. The van der Waals surface area contributed by atoms with Crippen molar-refractivity contribution in [3.05, 3.63) is 22.4 Å². The van der Waals surface area contributed by atoms with E-state index in [1.165, 1.54) is 25.0 Å². The van der Waals surface area contributed by atoms with Gasteiger partial charge in [0.2, 0.25) is 5.95 Å². The van der Waals surface area contributed by atoms with Crippen LogP contribution in [0.2, 0.25) is 0 Å². The van der Waals surface area contributed by atoms with E-state index in [2.05, 4.69) is 39.2 Å². The molecule has 0 spiro atoms. The molecule has 3 rings (SSSR count). The maximum Gasteiger partial charge on any atom is 0.241 e. The summed E-state index contributed by atoms with van der Waals surface area (Å²) in [5.74, 6) is 0.0557. The molecule has 7 heteroatoms. The lowest BCUT2D eigenvalue weighted by Crippen LogP contribution is -2.35. The first kappa shape index (κ1) is 19.6. The van der Waals surface area contributed by atoms with Crippen molar-refractivity contribution in [3.63, 3.8) is 0 Å². The van der Waals surface area contributed by atoms with Gasteiger partial charge in [-0.1, -0.05) is 26.2 Å². The van der Waals surface area contributed by atoms with E-state index in [1.54, 1.807) is 7.11 Å². The van der Waals surface area contributed by atoms with Crippen molar-refractivity contribution in [2.75, 3.05) is 19.0 Å². The first-order valence-corrected chi connectivity index (χ1v) is 10.4. The first-order valence-electron chi connectivity index (χ1n) is 9.62. The Hall–Kier alpha value is -1.18. The van der Waals surface area contributed by atoms with Gasteiger partial charge in [-0.25, -0.2) is 9.50 Å². The second kappa shape index (κ2) is 8.67. The summed E-state index contributed by atoms with van der Waals surface area (Å²) in [5.41, 5.74) is 2.14. The zero-order valence-electron chi connectivity index (χ0n) is 15.7. The molecule has 144 valence electrons. The molecular weight excluding hydrogens is 396 g/mol. The molecule has 2 heterocycles. The number of rotatable bonds is 8. The summed E-state index contributed by atoms with van der Waals surface area (Å²) in [6.45, 7) is 3.11. The Kier molecular flexibility index (Phi) is 6.53. The van der Waals surface area contributed by atoms with Crippen LogP contribution in [0.25, 0.3) is 5.52 Å². The molecular formula is C19H29BrN4O2. The number of fused-ring (bicyclic) bond motifs is 1. The second-order valence-electron chi connectivity index (χ2n) is 7.21. The third kappa shape index (κ3) is 4.38. The molecule has 0 atom stereocenters. The van der Waals surface area contributed by atoms with Gasteiger partial charge in [0, 0.05) is 42.6 Å². The number of aliphatic hydroxyl groups is 1. The quantitative estimate of drug-likeness (QED) is 0.482. The van der Waals surface area contributed by atoms with Crippen molar-refractivity contribution in [1.82, 2.24) is 14.6 Å². The van der Waals surface area contributed by atoms with Crippen LogP contribution in [-0.2, 0) is 4.74 Å². The second-order valence-corrected chi connectivity index (χ2v) is 8.06. The maximum absolute atomic E-state index is 10.3. The highest BCUT2D eigenvalue weighted by Crippen LogP contribution is 2.40. The van der Waals surface area contributed by atoms with Crippen molar-refractivity contribution in [2.45, 2.75) is 70.0 Å². The number of hydrogen-bond acceptors (Lipinski definition) is 5. The number of anilines is 1. The zero-order valence-corrected chi connectivity index (χ0v) is 17.3. The van der Waals surface area contributed by atoms with E-state index in [0.29, 0.717) is 24.7 Å². The third-order valence-electron chi connectivity index (χ3n) is 5.37. The lowest BCUT2D eigenvalue weighted by molar-refractivity contribution is -0.205. The number of nitrogens with one attached hydrogen (secondary N) is 1. The largest absolute Gasteiger partial charge is 0.365 e. The number of hydrogen-bond donors (Lipinski definition) is 2. The highest BCUT2D eigenvalue weighted by molar-refractivity contribution is 9.10. The Morgan fingerprint density at radius 1 is 1.35 bits per heavy atom. The van der Waals surface area contributed by atoms with Crippen LogP contribution in [0.1, 0.15) is 69.9 Å².